The Balaban J connectivity index is 0.000000271. The normalized spacial score (nSPS) is 17.1. The van der Waals surface area contributed by atoms with E-state index in [1.54, 1.807) is 23.6 Å². The second-order valence-electron chi connectivity index (χ2n) is 15.5. The smallest absolute Gasteiger partial charge is 0.410 e. The van der Waals surface area contributed by atoms with Crippen LogP contribution in [0.25, 0.3) is 0 Å². The molecule has 2 saturated heterocycles. The van der Waals surface area contributed by atoms with Crippen molar-refractivity contribution in [2.24, 2.45) is 11.8 Å². The number of nitrogens with zero attached hydrogens (tertiary/aromatic N) is 2. The Kier molecular flexibility index (Phi) is 13.1. The maximum atomic E-state index is 13.5. The largest absolute Gasteiger partial charge is 0.444 e. The van der Waals surface area contributed by atoms with E-state index < -0.39 is 47.3 Å². The van der Waals surface area contributed by atoms with E-state index >= 15 is 0 Å². The first-order chi connectivity index (χ1) is 22.9. The fraction of sp³-hybridized carbons (Fsp3) is 0.611. The van der Waals surface area contributed by atoms with Crippen LogP contribution in [0.3, 0.4) is 0 Å². The Morgan fingerprint density at radius 1 is 0.680 bits per heavy atom. The third-order valence-corrected chi connectivity index (χ3v) is 13.3. The maximum absolute atomic E-state index is 13.5. The summed E-state index contributed by atoms with van der Waals surface area (Å²) in [6, 6.07) is 10.2. The van der Waals surface area contributed by atoms with E-state index in [4.69, 9.17) is 9.47 Å². The molecule has 50 heavy (non-hydrogen) atoms. The SMILES string of the molecule is CC(C)(C)OC(=O)N1CCC(C(C)(C)S(=O)(=O)c2cccc(F)c2)CC1.CC(C)(C)OC(=O)N1CCC(CS(=O)(=O)c2cccc(F)c2)CC1. The van der Waals surface area contributed by atoms with Gasteiger partial charge in [-0.1, -0.05) is 12.1 Å². The molecule has 0 radical (unpaired) electrons. The lowest BCUT2D eigenvalue weighted by molar-refractivity contribution is 0.0167. The van der Waals surface area contributed by atoms with Crippen molar-refractivity contribution in [1.82, 2.24) is 9.80 Å². The Bertz CT molecular complexity index is 1700. The Hall–Kier alpha value is -3.26. The predicted octanol–water partition coefficient (Wildman–Crippen LogP) is 7.27. The lowest BCUT2D eigenvalue weighted by Gasteiger charge is -2.40. The molecule has 0 aromatic heterocycles. The van der Waals surface area contributed by atoms with Gasteiger partial charge >= 0.3 is 12.2 Å². The van der Waals surface area contributed by atoms with Crippen molar-refractivity contribution in [1.29, 1.82) is 0 Å². The molecule has 0 aliphatic carbocycles. The van der Waals surface area contributed by atoms with Crippen LogP contribution in [-0.2, 0) is 29.1 Å². The number of hydrogen-bond donors (Lipinski definition) is 0. The number of amides is 2. The summed E-state index contributed by atoms with van der Waals surface area (Å²) in [5.74, 6) is -1.33. The van der Waals surface area contributed by atoms with Gasteiger partial charge in [-0.3, -0.25) is 0 Å². The van der Waals surface area contributed by atoms with Gasteiger partial charge in [0.15, 0.2) is 19.7 Å². The van der Waals surface area contributed by atoms with Crippen molar-refractivity contribution >= 4 is 31.9 Å². The minimum absolute atomic E-state index is 0.00271. The lowest BCUT2D eigenvalue weighted by Crippen LogP contribution is -2.48. The molecule has 2 aliphatic rings. The van der Waals surface area contributed by atoms with Crippen molar-refractivity contribution in [2.45, 2.75) is 107 Å². The summed E-state index contributed by atoms with van der Waals surface area (Å²) in [5, 5.41) is 0. The van der Waals surface area contributed by atoms with Crippen LogP contribution in [0, 0.1) is 23.5 Å². The summed E-state index contributed by atoms with van der Waals surface area (Å²) in [6.07, 6.45) is 1.55. The molecule has 2 heterocycles. The molecular weight excluding hydrogens is 691 g/mol. The third-order valence-electron chi connectivity index (χ3n) is 8.81. The molecule has 0 unspecified atom stereocenters. The van der Waals surface area contributed by atoms with Crippen LogP contribution in [-0.4, -0.2) is 86.7 Å². The van der Waals surface area contributed by atoms with E-state index in [0.29, 0.717) is 51.9 Å². The van der Waals surface area contributed by atoms with E-state index in [0.717, 1.165) is 12.1 Å². The van der Waals surface area contributed by atoms with E-state index in [9.17, 15) is 35.2 Å². The second kappa shape index (κ2) is 16.0. The van der Waals surface area contributed by atoms with Gasteiger partial charge in [-0.2, -0.15) is 0 Å². The Morgan fingerprint density at radius 2 is 1.08 bits per heavy atom. The van der Waals surface area contributed by atoms with Crippen molar-refractivity contribution in [3.05, 3.63) is 60.2 Å². The summed E-state index contributed by atoms with van der Waals surface area (Å²) < 4.78 is 87.2. The van der Waals surface area contributed by atoms with Gasteiger partial charge in [0, 0.05) is 26.2 Å². The number of carbonyl (C=O) groups is 2. The molecular formula is C36H52F2N2O8S2. The molecule has 0 atom stereocenters. The predicted molar refractivity (Wildman–Crippen MR) is 187 cm³/mol. The molecule has 2 fully saturated rings. The van der Waals surface area contributed by atoms with Gasteiger partial charge in [0.25, 0.3) is 0 Å². The number of ether oxygens (including phenoxy) is 2. The summed E-state index contributed by atoms with van der Waals surface area (Å²) in [4.78, 5) is 27.4. The van der Waals surface area contributed by atoms with Crippen molar-refractivity contribution in [3.63, 3.8) is 0 Å². The lowest BCUT2D eigenvalue weighted by atomic mass is 9.86. The quantitative estimate of drug-likeness (QED) is 0.303. The topological polar surface area (TPSA) is 127 Å². The molecule has 280 valence electrons. The van der Waals surface area contributed by atoms with Crippen LogP contribution < -0.4 is 0 Å². The van der Waals surface area contributed by atoms with Gasteiger partial charge in [0.1, 0.15) is 22.8 Å². The molecule has 0 N–H and O–H groups in total. The summed E-state index contributed by atoms with van der Waals surface area (Å²) >= 11 is 0. The van der Waals surface area contributed by atoms with Crippen LogP contribution in [0.1, 0.15) is 81.1 Å². The zero-order valence-electron chi connectivity index (χ0n) is 30.4. The average Bonchev–Trinajstić information content (AvgIpc) is 3.00. The fourth-order valence-corrected chi connectivity index (χ4v) is 9.45. The number of likely N-dealkylation sites (tertiary alicyclic amines) is 2. The number of sulfone groups is 2. The number of carbonyl (C=O) groups excluding carboxylic acids is 2. The highest BCUT2D eigenvalue weighted by molar-refractivity contribution is 7.92. The van der Waals surface area contributed by atoms with Crippen LogP contribution in [0.15, 0.2) is 58.3 Å². The molecule has 4 rings (SSSR count). The summed E-state index contributed by atoms with van der Waals surface area (Å²) in [7, 11) is -7.23. The van der Waals surface area contributed by atoms with Crippen molar-refractivity contribution in [2.75, 3.05) is 31.9 Å². The van der Waals surface area contributed by atoms with E-state index in [-0.39, 0.29) is 39.6 Å². The van der Waals surface area contributed by atoms with Gasteiger partial charge in [0.2, 0.25) is 0 Å². The van der Waals surface area contributed by atoms with Gasteiger partial charge in [-0.15, -0.1) is 0 Å². The molecule has 2 aromatic rings. The molecule has 2 amide bonds. The molecule has 0 bridgehead atoms. The van der Waals surface area contributed by atoms with E-state index in [1.807, 2.05) is 41.5 Å². The fourth-order valence-electron chi connectivity index (χ4n) is 5.92. The molecule has 2 aromatic carbocycles. The minimum Gasteiger partial charge on any atom is -0.444 e. The highest BCUT2D eigenvalue weighted by Crippen LogP contribution is 2.38. The zero-order chi connectivity index (χ0) is 37.7. The molecule has 10 nitrogen and oxygen atoms in total. The highest BCUT2D eigenvalue weighted by Gasteiger charge is 2.44. The van der Waals surface area contributed by atoms with Gasteiger partial charge in [-0.25, -0.2) is 35.2 Å². The van der Waals surface area contributed by atoms with Crippen LogP contribution >= 0.6 is 0 Å². The second-order valence-corrected chi connectivity index (χ2v) is 20.0. The minimum atomic E-state index is -3.70. The monoisotopic (exact) mass is 742 g/mol. The first-order valence-corrected chi connectivity index (χ1v) is 20.0. The number of benzene rings is 2. The first kappa shape index (κ1) is 41.2. The van der Waals surface area contributed by atoms with Crippen molar-refractivity contribution in [3.8, 4) is 0 Å². The number of halogens is 2. The number of rotatable bonds is 6. The Morgan fingerprint density at radius 3 is 1.50 bits per heavy atom. The Labute approximate surface area is 296 Å². The molecule has 0 spiro atoms. The van der Waals surface area contributed by atoms with Crippen molar-refractivity contribution < 1.29 is 44.7 Å². The summed E-state index contributed by atoms with van der Waals surface area (Å²) in [6.45, 7) is 16.1. The molecule has 0 saturated carbocycles. The van der Waals surface area contributed by atoms with E-state index in [1.165, 1.54) is 36.4 Å². The summed E-state index contributed by atoms with van der Waals surface area (Å²) in [5.41, 5.74) is -1.11. The van der Waals surface area contributed by atoms with Crippen LogP contribution in [0.2, 0.25) is 0 Å². The number of hydrogen-bond acceptors (Lipinski definition) is 8. The molecule has 2 aliphatic heterocycles. The third kappa shape index (κ3) is 11.4. The van der Waals surface area contributed by atoms with Gasteiger partial charge in [0.05, 0.1) is 20.3 Å². The maximum Gasteiger partial charge on any atom is 0.410 e. The first-order valence-electron chi connectivity index (χ1n) is 16.9. The van der Waals surface area contributed by atoms with Crippen LogP contribution in [0.5, 0.6) is 0 Å². The highest BCUT2D eigenvalue weighted by atomic mass is 32.2. The average molecular weight is 743 g/mol. The molecule has 14 heteroatoms. The van der Waals surface area contributed by atoms with E-state index in [2.05, 4.69) is 0 Å². The van der Waals surface area contributed by atoms with Gasteiger partial charge < -0.3 is 19.3 Å². The zero-order valence-corrected chi connectivity index (χ0v) is 32.0. The van der Waals surface area contributed by atoms with Crippen LogP contribution in [0.4, 0.5) is 18.4 Å². The standard InChI is InChI=1S/C19H28FNO4S.C17H24FNO4S/c1-18(2,3)25-17(22)21-11-9-14(10-12-21)19(4,5)26(23,24)16-8-6-7-15(20)13-16;1-17(2,3)23-16(20)19-9-7-13(8-10-19)12-24(21,22)15-6-4-5-14(18)11-15/h6-8,13-14H,9-12H2,1-5H3;4-6,11,13H,7-10,12H2,1-3H3. The number of piperidine rings is 2. The van der Waals surface area contributed by atoms with Gasteiger partial charge in [-0.05, 0) is 129 Å².